The highest BCUT2D eigenvalue weighted by atomic mass is 35.5. The number of hydrogen-bond acceptors (Lipinski definition) is 3. The monoisotopic (exact) mass is 321 g/mol. The van der Waals surface area contributed by atoms with E-state index in [1.165, 1.54) is 11.0 Å². The highest BCUT2D eigenvalue weighted by Crippen LogP contribution is 2.19. The number of hydrogen-bond donors (Lipinski definition) is 1. The van der Waals surface area contributed by atoms with Gasteiger partial charge in [-0.2, -0.15) is 0 Å². The van der Waals surface area contributed by atoms with E-state index in [1.807, 2.05) is 6.92 Å². The fourth-order valence-electron chi connectivity index (χ4n) is 2.22. The molecule has 0 aliphatic rings. The molecule has 116 valence electrons. The van der Waals surface area contributed by atoms with E-state index in [9.17, 15) is 9.59 Å². The van der Waals surface area contributed by atoms with Crippen molar-refractivity contribution in [3.63, 3.8) is 0 Å². The van der Waals surface area contributed by atoms with Gasteiger partial charge in [0.25, 0.3) is 5.91 Å². The Morgan fingerprint density at radius 3 is 2.45 bits per heavy atom. The van der Waals surface area contributed by atoms with E-state index in [4.69, 9.17) is 21.1 Å². The molecule has 0 saturated carbocycles. The summed E-state index contributed by atoms with van der Waals surface area (Å²) in [6.07, 6.45) is 0. The van der Waals surface area contributed by atoms with Crippen molar-refractivity contribution < 1.29 is 19.1 Å². The Bertz CT molecular complexity index is 715. The summed E-state index contributed by atoms with van der Waals surface area (Å²) in [5.74, 6) is -0.519. The van der Waals surface area contributed by atoms with E-state index in [-0.39, 0.29) is 18.0 Å². The van der Waals surface area contributed by atoms with Gasteiger partial charge < -0.3 is 14.4 Å². The van der Waals surface area contributed by atoms with E-state index in [1.54, 1.807) is 32.2 Å². The molecule has 1 aromatic heterocycles. The number of benzene rings is 1. The van der Waals surface area contributed by atoms with Crippen LogP contribution in [0.5, 0.6) is 0 Å². The van der Waals surface area contributed by atoms with Crippen LogP contribution in [0.3, 0.4) is 0 Å². The molecule has 0 saturated heterocycles. The molecule has 0 spiro atoms. The zero-order chi connectivity index (χ0) is 16.4. The quantitative estimate of drug-likeness (QED) is 0.935. The normalized spacial score (nSPS) is 10.5. The molecule has 2 rings (SSSR count). The number of aryl methyl sites for hydroxylation is 2. The first-order valence-corrected chi connectivity index (χ1v) is 7.01. The first-order chi connectivity index (χ1) is 10.3. The highest BCUT2D eigenvalue weighted by Gasteiger charge is 2.18. The highest BCUT2D eigenvalue weighted by molar-refractivity contribution is 6.31. The molecular weight excluding hydrogens is 306 g/mol. The van der Waals surface area contributed by atoms with Gasteiger partial charge in [-0.15, -0.1) is 0 Å². The molecule has 22 heavy (non-hydrogen) atoms. The van der Waals surface area contributed by atoms with Crippen molar-refractivity contribution in [1.82, 2.24) is 4.90 Å². The van der Waals surface area contributed by atoms with Crippen LogP contribution in [0.25, 0.3) is 0 Å². The molecular formula is C16H16ClNO4. The molecule has 1 N–H and O–H groups in total. The summed E-state index contributed by atoms with van der Waals surface area (Å²) in [5, 5.41) is 9.51. The summed E-state index contributed by atoms with van der Waals surface area (Å²) in [6, 6.07) is 6.56. The lowest BCUT2D eigenvalue weighted by atomic mass is 10.1. The smallest absolute Gasteiger partial charge is 0.339 e. The molecule has 0 bridgehead atoms. The number of amides is 1. The largest absolute Gasteiger partial charge is 0.478 e. The van der Waals surface area contributed by atoms with E-state index < -0.39 is 5.97 Å². The van der Waals surface area contributed by atoms with Crippen LogP contribution in [-0.4, -0.2) is 28.9 Å². The van der Waals surface area contributed by atoms with Crippen LogP contribution in [0.15, 0.2) is 28.7 Å². The number of carboxylic acid groups (broad SMARTS) is 1. The predicted molar refractivity (Wildman–Crippen MR) is 82.4 cm³/mol. The van der Waals surface area contributed by atoms with E-state index >= 15 is 0 Å². The molecule has 1 heterocycles. The number of carbonyl (C=O) groups excluding carboxylic acids is 1. The second-order valence-electron chi connectivity index (χ2n) is 5.17. The molecule has 0 fully saturated rings. The van der Waals surface area contributed by atoms with Gasteiger partial charge in [0.05, 0.1) is 6.54 Å². The van der Waals surface area contributed by atoms with Gasteiger partial charge in [-0.3, -0.25) is 4.79 Å². The summed E-state index contributed by atoms with van der Waals surface area (Å²) in [5.41, 5.74) is 1.48. The van der Waals surface area contributed by atoms with Crippen molar-refractivity contribution in [2.75, 3.05) is 7.05 Å². The van der Waals surface area contributed by atoms with Crippen LogP contribution in [0.4, 0.5) is 0 Å². The van der Waals surface area contributed by atoms with Crippen LogP contribution in [0.2, 0.25) is 5.02 Å². The van der Waals surface area contributed by atoms with Crippen molar-refractivity contribution >= 4 is 23.5 Å². The Morgan fingerprint density at radius 1 is 1.23 bits per heavy atom. The summed E-state index contributed by atoms with van der Waals surface area (Å²) < 4.78 is 5.38. The van der Waals surface area contributed by atoms with Crippen molar-refractivity contribution in [2.24, 2.45) is 0 Å². The molecule has 0 unspecified atom stereocenters. The zero-order valence-electron chi connectivity index (χ0n) is 12.5. The maximum atomic E-state index is 12.4. The van der Waals surface area contributed by atoms with Crippen molar-refractivity contribution in [1.29, 1.82) is 0 Å². The third-order valence-corrected chi connectivity index (χ3v) is 3.45. The predicted octanol–water partition coefficient (Wildman–Crippen LogP) is 3.52. The van der Waals surface area contributed by atoms with E-state index in [0.717, 1.165) is 5.56 Å². The number of aromatic carboxylic acids is 1. The lowest BCUT2D eigenvalue weighted by molar-refractivity contribution is 0.0694. The Kier molecular flexibility index (Phi) is 4.56. The average molecular weight is 322 g/mol. The second kappa shape index (κ2) is 6.23. The molecule has 6 heteroatoms. The van der Waals surface area contributed by atoms with Gasteiger partial charge in [0.1, 0.15) is 17.1 Å². The number of nitrogens with zero attached hydrogens (tertiary/aromatic N) is 1. The summed E-state index contributed by atoms with van der Waals surface area (Å²) in [4.78, 5) is 24.8. The fourth-order valence-corrected chi connectivity index (χ4v) is 2.51. The Hall–Kier alpha value is -2.27. The fraction of sp³-hybridized carbons (Fsp3) is 0.250. The van der Waals surface area contributed by atoms with Crippen molar-refractivity contribution in [3.05, 3.63) is 57.5 Å². The average Bonchev–Trinajstić information content (AvgIpc) is 2.77. The SMILES string of the molecule is Cc1cc(Cl)cc(C(=O)N(C)Cc2cc(C(=O)O)c(C)o2)c1. The molecule has 1 amide bonds. The van der Waals surface area contributed by atoms with Gasteiger partial charge >= 0.3 is 5.97 Å². The first kappa shape index (κ1) is 16.1. The maximum Gasteiger partial charge on any atom is 0.339 e. The molecule has 0 radical (unpaired) electrons. The summed E-state index contributed by atoms with van der Waals surface area (Å²) >= 11 is 5.96. The molecule has 1 aromatic carbocycles. The van der Waals surface area contributed by atoms with Crippen LogP contribution in [0, 0.1) is 13.8 Å². The van der Waals surface area contributed by atoms with Gasteiger partial charge in [-0.1, -0.05) is 11.6 Å². The number of carboxylic acids is 1. The zero-order valence-corrected chi connectivity index (χ0v) is 13.3. The standard InChI is InChI=1S/C16H16ClNO4/c1-9-4-11(6-12(17)5-9)15(19)18(3)8-13-7-14(16(20)21)10(2)22-13/h4-7H,8H2,1-3H3,(H,20,21). The summed E-state index contributed by atoms with van der Waals surface area (Å²) in [6.45, 7) is 3.62. The molecule has 0 aliphatic heterocycles. The topological polar surface area (TPSA) is 70.8 Å². The Morgan fingerprint density at radius 2 is 1.91 bits per heavy atom. The van der Waals surface area contributed by atoms with Crippen LogP contribution in [-0.2, 0) is 6.54 Å². The van der Waals surface area contributed by atoms with Gasteiger partial charge in [-0.25, -0.2) is 4.79 Å². The van der Waals surface area contributed by atoms with Crippen LogP contribution >= 0.6 is 11.6 Å². The Balaban J connectivity index is 2.17. The van der Waals surface area contributed by atoms with Gasteiger partial charge in [0, 0.05) is 17.6 Å². The minimum atomic E-state index is -1.05. The Labute approximate surface area is 133 Å². The van der Waals surface area contributed by atoms with Gasteiger partial charge in [0.2, 0.25) is 0 Å². The van der Waals surface area contributed by atoms with Crippen molar-refractivity contribution in [2.45, 2.75) is 20.4 Å². The summed E-state index contributed by atoms with van der Waals surface area (Å²) in [7, 11) is 1.62. The molecule has 2 aromatic rings. The maximum absolute atomic E-state index is 12.4. The lowest BCUT2D eigenvalue weighted by Crippen LogP contribution is -2.26. The number of carbonyl (C=O) groups is 2. The van der Waals surface area contributed by atoms with Gasteiger partial charge in [0.15, 0.2) is 0 Å². The number of furan rings is 1. The molecule has 0 aliphatic carbocycles. The van der Waals surface area contributed by atoms with Crippen LogP contribution < -0.4 is 0 Å². The number of halogens is 1. The second-order valence-corrected chi connectivity index (χ2v) is 5.60. The lowest BCUT2D eigenvalue weighted by Gasteiger charge is -2.16. The number of rotatable bonds is 4. The molecule has 0 atom stereocenters. The van der Waals surface area contributed by atoms with Gasteiger partial charge in [-0.05, 0) is 43.7 Å². The minimum absolute atomic E-state index is 0.106. The molecule has 5 nitrogen and oxygen atoms in total. The van der Waals surface area contributed by atoms with E-state index in [0.29, 0.717) is 22.1 Å². The minimum Gasteiger partial charge on any atom is -0.478 e. The first-order valence-electron chi connectivity index (χ1n) is 6.63. The third-order valence-electron chi connectivity index (χ3n) is 3.23. The van der Waals surface area contributed by atoms with Crippen LogP contribution in [0.1, 0.15) is 37.8 Å². The third kappa shape index (κ3) is 3.49. The van der Waals surface area contributed by atoms with Crippen molar-refractivity contribution in [3.8, 4) is 0 Å². The van der Waals surface area contributed by atoms with E-state index in [2.05, 4.69) is 0 Å².